The van der Waals surface area contributed by atoms with Gasteiger partial charge in [0.2, 0.25) is 0 Å². The molecule has 0 atom stereocenters. The van der Waals surface area contributed by atoms with Crippen LogP contribution < -0.4 is 16.4 Å². The molecule has 2 amide bonds. The summed E-state index contributed by atoms with van der Waals surface area (Å²) in [5.41, 5.74) is 8.70. The largest absolute Gasteiger partial charge is 0.387 e. The van der Waals surface area contributed by atoms with E-state index in [0.717, 1.165) is 11.1 Å². The van der Waals surface area contributed by atoms with Gasteiger partial charge in [-0.2, -0.15) is 0 Å². The number of anilines is 2. The van der Waals surface area contributed by atoms with Crippen molar-refractivity contribution in [3.05, 3.63) is 63.2 Å². The predicted octanol–water partition coefficient (Wildman–Crippen LogP) is 5.39. The number of carbonyl (C=O) groups is 1. The van der Waals surface area contributed by atoms with Crippen LogP contribution in [0.2, 0.25) is 15.1 Å². The summed E-state index contributed by atoms with van der Waals surface area (Å²) >= 11 is 17.8. The summed E-state index contributed by atoms with van der Waals surface area (Å²) in [6.07, 6.45) is 2.32. The van der Waals surface area contributed by atoms with Crippen molar-refractivity contribution in [2.45, 2.75) is 6.42 Å². The molecule has 0 aliphatic carbocycles. The summed E-state index contributed by atoms with van der Waals surface area (Å²) in [6.45, 7) is 0. The van der Waals surface area contributed by atoms with Crippen molar-refractivity contribution >= 4 is 63.6 Å². The number of aliphatic imine (C=N–C) groups is 1. The SMILES string of the molecule is NC1=NC=C(c2cccc(NC(=O)Nc3cc(Cl)c(Cl)c(Cl)c3)c2)C1. The first kappa shape index (κ1) is 17.6. The van der Waals surface area contributed by atoms with Gasteiger partial charge < -0.3 is 16.4 Å². The van der Waals surface area contributed by atoms with E-state index in [4.69, 9.17) is 40.5 Å². The molecule has 0 radical (unpaired) electrons. The molecule has 0 bridgehead atoms. The summed E-state index contributed by atoms with van der Waals surface area (Å²) in [6, 6.07) is 10.0. The highest BCUT2D eigenvalue weighted by Gasteiger charge is 2.11. The Morgan fingerprint density at radius 2 is 1.72 bits per heavy atom. The number of benzene rings is 2. The second-order valence-electron chi connectivity index (χ2n) is 5.37. The highest BCUT2D eigenvalue weighted by Crippen LogP contribution is 2.33. The van der Waals surface area contributed by atoms with E-state index in [1.807, 2.05) is 18.2 Å². The molecule has 0 aromatic heterocycles. The summed E-state index contributed by atoms with van der Waals surface area (Å²) < 4.78 is 0. The highest BCUT2D eigenvalue weighted by atomic mass is 35.5. The molecule has 8 heteroatoms. The zero-order chi connectivity index (χ0) is 18.0. The van der Waals surface area contributed by atoms with Gasteiger partial charge in [-0.3, -0.25) is 0 Å². The van der Waals surface area contributed by atoms with Gasteiger partial charge in [0, 0.05) is 24.0 Å². The number of amidine groups is 1. The molecule has 0 unspecified atom stereocenters. The summed E-state index contributed by atoms with van der Waals surface area (Å²) in [5.74, 6) is 0.572. The molecule has 3 rings (SSSR count). The van der Waals surface area contributed by atoms with Crippen molar-refractivity contribution in [1.29, 1.82) is 0 Å². The number of nitrogens with two attached hydrogens (primary N) is 1. The van der Waals surface area contributed by atoms with Gasteiger partial charge in [-0.1, -0.05) is 46.9 Å². The van der Waals surface area contributed by atoms with Gasteiger partial charge in [0.25, 0.3) is 0 Å². The molecule has 0 saturated carbocycles. The number of nitrogens with one attached hydrogen (secondary N) is 2. The number of hydrogen-bond donors (Lipinski definition) is 3. The van der Waals surface area contributed by atoms with E-state index < -0.39 is 6.03 Å². The number of amides is 2. The van der Waals surface area contributed by atoms with Gasteiger partial charge in [0.1, 0.15) is 5.84 Å². The topological polar surface area (TPSA) is 79.5 Å². The van der Waals surface area contributed by atoms with Crippen LogP contribution >= 0.6 is 34.8 Å². The average molecular weight is 396 g/mol. The number of halogens is 3. The lowest BCUT2D eigenvalue weighted by Gasteiger charge is -2.10. The number of carbonyl (C=O) groups excluding carboxylic acids is 1. The first-order chi connectivity index (χ1) is 11.9. The second-order valence-corrected chi connectivity index (χ2v) is 6.56. The first-order valence-electron chi connectivity index (χ1n) is 7.26. The fraction of sp³-hybridized carbons (Fsp3) is 0.0588. The van der Waals surface area contributed by atoms with E-state index in [1.165, 1.54) is 12.1 Å². The van der Waals surface area contributed by atoms with Crippen molar-refractivity contribution in [3.8, 4) is 0 Å². The minimum atomic E-state index is -0.428. The second kappa shape index (κ2) is 7.35. The molecule has 2 aromatic rings. The Hall–Kier alpha value is -2.21. The van der Waals surface area contributed by atoms with Crippen LogP contribution in [0.15, 0.2) is 47.6 Å². The summed E-state index contributed by atoms with van der Waals surface area (Å²) in [4.78, 5) is 16.2. The lowest BCUT2D eigenvalue weighted by Crippen LogP contribution is -2.19. The van der Waals surface area contributed by atoms with Crippen molar-refractivity contribution in [3.63, 3.8) is 0 Å². The average Bonchev–Trinajstić information content (AvgIpc) is 2.99. The van der Waals surface area contributed by atoms with Crippen LogP contribution in [0.4, 0.5) is 16.2 Å². The Balaban J connectivity index is 1.69. The van der Waals surface area contributed by atoms with Crippen molar-refractivity contribution in [2.75, 3.05) is 10.6 Å². The molecule has 1 aliphatic rings. The number of nitrogens with zero attached hydrogens (tertiary/aromatic N) is 1. The van der Waals surface area contributed by atoms with Crippen LogP contribution in [0.3, 0.4) is 0 Å². The number of urea groups is 1. The molecule has 25 heavy (non-hydrogen) atoms. The lowest BCUT2D eigenvalue weighted by atomic mass is 10.0. The Labute approximate surface area is 159 Å². The van der Waals surface area contributed by atoms with E-state index in [0.29, 0.717) is 23.6 Å². The van der Waals surface area contributed by atoms with Gasteiger partial charge in [-0.15, -0.1) is 0 Å². The van der Waals surface area contributed by atoms with Crippen molar-refractivity contribution in [1.82, 2.24) is 0 Å². The number of hydrogen-bond acceptors (Lipinski definition) is 3. The zero-order valence-electron chi connectivity index (χ0n) is 12.8. The minimum absolute atomic E-state index is 0.244. The molecule has 1 aliphatic heterocycles. The lowest BCUT2D eigenvalue weighted by molar-refractivity contribution is 0.262. The van der Waals surface area contributed by atoms with Crippen LogP contribution in [-0.4, -0.2) is 11.9 Å². The molecule has 128 valence electrons. The van der Waals surface area contributed by atoms with E-state index in [9.17, 15) is 4.79 Å². The maximum absolute atomic E-state index is 12.2. The van der Waals surface area contributed by atoms with Gasteiger partial charge in [-0.25, -0.2) is 9.79 Å². The predicted molar refractivity (Wildman–Crippen MR) is 105 cm³/mol. The van der Waals surface area contributed by atoms with Crippen LogP contribution in [0.5, 0.6) is 0 Å². The standard InChI is InChI=1S/C17H13Cl3N4O/c18-13-6-12(7-14(19)16(13)20)24-17(25)23-11-3-1-2-9(4-11)10-5-15(21)22-8-10/h1-4,6-8H,5H2,(H2,21,22)(H2,23,24,25). The normalized spacial score (nSPS) is 13.2. The van der Waals surface area contributed by atoms with Crippen LogP contribution in [0.1, 0.15) is 12.0 Å². The van der Waals surface area contributed by atoms with Gasteiger partial charge in [-0.05, 0) is 35.4 Å². The molecule has 0 saturated heterocycles. The van der Waals surface area contributed by atoms with E-state index in [1.54, 1.807) is 12.3 Å². The van der Waals surface area contributed by atoms with Crippen LogP contribution in [-0.2, 0) is 0 Å². The summed E-state index contributed by atoms with van der Waals surface area (Å²) in [5, 5.41) is 6.18. The van der Waals surface area contributed by atoms with Gasteiger partial charge in [0.05, 0.1) is 15.1 Å². The fourth-order valence-electron chi connectivity index (χ4n) is 2.34. The molecule has 2 aromatic carbocycles. The number of rotatable bonds is 3. The third-order valence-electron chi connectivity index (χ3n) is 3.49. The molecule has 4 N–H and O–H groups in total. The van der Waals surface area contributed by atoms with Crippen molar-refractivity contribution in [2.24, 2.45) is 10.7 Å². The third-order valence-corrected chi connectivity index (χ3v) is 4.69. The molecular formula is C17H13Cl3N4O. The Kier molecular flexibility index (Phi) is 5.18. The molecule has 5 nitrogen and oxygen atoms in total. The Bertz CT molecular complexity index is 886. The van der Waals surface area contributed by atoms with E-state index in [2.05, 4.69) is 15.6 Å². The van der Waals surface area contributed by atoms with E-state index in [-0.39, 0.29) is 15.1 Å². The smallest absolute Gasteiger partial charge is 0.323 e. The van der Waals surface area contributed by atoms with Crippen LogP contribution in [0.25, 0.3) is 5.57 Å². The molecule has 0 fully saturated rings. The quantitative estimate of drug-likeness (QED) is 0.609. The third kappa shape index (κ3) is 4.25. The zero-order valence-corrected chi connectivity index (χ0v) is 15.1. The maximum Gasteiger partial charge on any atom is 0.323 e. The van der Waals surface area contributed by atoms with Gasteiger partial charge >= 0.3 is 6.03 Å². The fourth-order valence-corrected chi connectivity index (χ4v) is 2.94. The molecule has 0 spiro atoms. The minimum Gasteiger partial charge on any atom is -0.387 e. The molecular weight excluding hydrogens is 383 g/mol. The monoisotopic (exact) mass is 394 g/mol. The van der Waals surface area contributed by atoms with E-state index >= 15 is 0 Å². The first-order valence-corrected chi connectivity index (χ1v) is 8.40. The van der Waals surface area contributed by atoms with Crippen molar-refractivity contribution < 1.29 is 4.79 Å². The Morgan fingerprint density at radius 1 is 1.04 bits per heavy atom. The van der Waals surface area contributed by atoms with Crippen LogP contribution in [0, 0.1) is 0 Å². The molecule has 1 heterocycles. The van der Waals surface area contributed by atoms with Gasteiger partial charge in [0.15, 0.2) is 0 Å². The highest BCUT2D eigenvalue weighted by molar-refractivity contribution is 6.48. The summed E-state index contributed by atoms with van der Waals surface area (Å²) in [7, 11) is 0. The maximum atomic E-state index is 12.2. The Morgan fingerprint density at radius 3 is 2.36 bits per heavy atom.